The highest BCUT2D eigenvalue weighted by Gasteiger charge is 2.04. The van der Waals surface area contributed by atoms with Gasteiger partial charge in [-0.1, -0.05) is 23.2 Å². The van der Waals surface area contributed by atoms with E-state index in [1.807, 2.05) is 19.9 Å². The Morgan fingerprint density at radius 3 is 2.50 bits per heavy atom. The molecule has 10 heavy (non-hydrogen) atoms. The lowest BCUT2D eigenvalue weighted by atomic mass is 10.3. The second-order valence-corrected chi connectivity index (χ2v) is 2.67. The van der Waals surface area contributed by atoms with Crippen molar-refractivity contribution in [3.8, 4) is 0 Å². The van der Waals surface area contributed by atoms with E-state index in [-0.39, 0.29) is 0 Å². The van der Waals surface area contributed by atoms with Crippen molar-refractivity contribution in [3.05, 3.63) is 11.8 Å². The fourth-order valence-electron chi connectivity index (χ4n) is 0.674. The fourth-order valence-corrected chi connectivity index (χ4v) is 0.909. The Bertz CT molecular complexity index is 114. The topological polar surface area (TPSA) is 23.5 Å². The number of nitrogens with zero attached hydrogens (tertiary/aromatic N) is 1. The van der Waals surface area contributed by atoms with Crippen LogP contribution in [0, 0.1) is 0 Å². The molecule has 1 rings (SSSR count). The van der Waals surface area contributed by atoms with Gasteiger partial charge in [-0.2, -0.15) is 0 Å². The zero-order valence-electron chi connectivity index (χ0n) is 6.67. The number of rotatable bonds is 0. The molecule has 0 aliphatic carbocycles. The van der Waals surface area contributed by atoms with Crippen molar-refractivity contribution in [3.63, 3.8) is 0 Å². The summed E-state index contributed by atoms with van der Waals surface area (Å²) >= 11 is 0. The molecule has 0 aromatic rings. The van der Waals surface area contributed by atoms with Crippen LogP contribution in [0.25, 0.3) is 0 Å². The van der Waals surface area contributed by atoms with Crippen molar-refractivity contribution in [2.75, 3.05) is 13.1 Å². The normalized spacial score (nSPS) is 18.9. The van der Waals surface area contributed by atoms with Crippen LogP contribution in [0.15, 0.2) is 11.8 Å². The number of hydrogen-bond donors (Lipinski definition) is 1. The van der Waals surface area contributed by atoms with Gasteiger partial charge in [0.2, 0.25) is 0 Å². The van der Waals surface area contributed by atoms with Gasteiger partial charge in [0.25, 0.3) is 0 Å². The minimum Gasteiger partial charge on any atom is -0.513 e. The summed E-state index contributed by atoms with van der Waals surface area (Å²) in [5.74, 6) is 0.531. The molecule has 1 aliphatic rings. The Morgan fingerprint density at radius 1 is 1.60 bits per heavy atom. The van der Waals surface area contributed by atoms with E-state index in [9.17, 15) is 0 Å². The van der Waals surface area contributed by atoms with Gasteiger partial charge in [0.05, 0.1) is 5.76 Å². The van der Waals surface area contributed by atoms with E-state index in [2.05, 4.69) is 14.1 Å². The zero-order chi connectivity index (χ0) is 7.98. The third-order valence-corrected chi connectivity index (χ3v) is 1.69. The summed E-state index contributed by atoms with van der Waals surface area (Å²) in [5.41, 5.74) is 0. The maximum absolute atomic E-state index is 8.85. The molecule has 3 heteroatoms. The summed E-state index contributed by atoms with van der Waals surface area (Å²) in [7, 11) is 2.60. The van der Waals surface area contributed by atoms with Crippen LogP contribution < -0.4 is 0 Å². The van der Waals surface area contributed by atoms with Crippen LogP contribution in [0.5, 0.6) is 0 Å². The first-order chi connectivity index (χ1) is 4.79. The van der Waals surface area contributed by atoms with Crippen molar-refractivity contribution in [2.45, 2.75) is 20.3 Å². The SMILES string of the molecule is CC.OC1=CCN(P)CC1. The predicted molar refractivity (Wildman–Crippen MR) is 48.0 cm³/mol. The molecule has 1 unspecified atom stereocenters. The first-order valence-corrected chi connectivity index (χ1v) is 4.18. The van der Waals surface area contributed by atoms with Gasteiger partial charge in [-0.25, -0.2) is 0 Å². The number of aliphatic hydroxyl groups is 1. The van der Waals surface area contributed by atoms with Gasteiger partial charge in [0.1, 0.15) is 0 Å². The second kappa shape index (κ2) is 5.70. The molecule has 0 saturated carbocycles. The van der Waals surface area contributed by atoms with Gasteiger partial charge < -0.3 is 5.11 Å². The highest BCUT2D eigenvalue weighted by atomic mass is 31.0. The Hall–Kier alpha value is -0.0700. The molecule has 0 bridgehead atoms. The summed E-state index contributed by atoms with van der Waals surface area (Å²) in [6.07, 6.45) is 2.62. The molecular formula is C7H16NOP. The van der Waals surface area contributed by atoms with E-state index in [1.165, 1.54) is 0 Å². The monoisotopic (exact) mass is 161 g/mol. The maximum Gasteiger partial charge on any atom is 0.0908 e. The zero-order valence-corrected chi connectivity index (χ0v) is 7.83. The van der Waals surface area contributed by atoms with Gasteiger partial charge >= 0.3 is 0 Å². The van der Waals surface area contributed by atoms with Gasteiger partial charge in [-0.3, -0.25) is 4.67 Å². The van der Waals surface area contributed by atoms with E-state index < -0.39 is 0 Å². The molecule has 0 aromatic carbocycles. The van der Waals surface area contributed by atoms with Crippen LogP contribution in [0.2, 0.25) is 0 Å². The lowest BCUT2D eigenvalue weighted by Crippen LogP contribution is -2.18. The third kappa shape index (κ3) is 3.86. The molecule has 2 nitrogen and oxygen atoms in total. The van der Waals surface area contributed by atoms with Crippen LogP contribution in [0.3, 0.4) is 0 Å². The van der Waals surface area contributed by atoms with Crippen LogP contribution in [0.4, 0.5) is 0 Å². The van der Waals surface area contributed by atoms with Gasteiger partial charge in [0, 0.05) is 19.5 Å². The average Bonchev–Trinajstić information content (AvgIpc) is 2.00. The van der Waals surface area contributed by atoms with Crippen LogP contribution in [0.1, 0.15) is 20.3 Å². The minimum absolute atomic E-state index is 0.531. The molecule has 0 saturated heterocycles. The molecule has 1 aliphatic heterocycles. The molecule has 60 valence electrons. The summed E-state index contributed by atoms with van der Waals surface area (Å²) in [5, 5.41) is 8.85. The highest BCUT2D eigenvalue weighted by Crippen LogP contribution is 2.09. The molecule has 0 radical (unpaired) electrons. The Morgan fingerprint density at radius 2 is 2.20 bits per heavy atom. The predicted octanol–water partition coefficient (Wildman–Crippen LogP) is 1.95. The summed E-state index contributed by atoms with van der Waals surface area (Å²) in [6, 6.07) is 0. The second-order valence-electron chi connectivity index (χ2n) is 1.94. The van der Waals surface area contributed by atoms with E-state index in [0.717, 1.165) is 19.5 Å². The summed E-state index contributed by atoms with van der Waals surface area (Å²) in [4.78, 5) is 0. The molecule has 0 spiro atoms. The van der Waals surface area contributed by atoms with E-state index in [4.69, 9.17) is 5.11 Å². The molecule has 1 atom stereocenters. The van der Waals surface area contributed by atoms with E-state index >= 15 is 0 Å². The van der Waals surface area contributed by atoms with Gasteiger partial charge in [-0.15, -0.1) is 0 Å². The lowest BCUT2D eigenvalue weighted by molar-refractivity contribution is 0.344. The van der Waals surface area contributed by atoms with Crippen molar-refractivity contribution < 1.29 is 5.11 Å². The number of hydrogen-bond acceptors (Lipinski definition) is 2. The molecular weight excluding hydrogens is 145 g/mol. The Balaban J connectivity index is 0.000000371. The van der Waals surface area contributed by atoms with Crippen LogP contribution in [-0.4, -0.2) is 22.9 Å². The quantitative estimate of drug-likeness (QED) is 0.549. The van der Waals surface area contributed by atoms with Crippen LogP contribution >= 0.6 is 9.39 Å². The minimum atomic E-state index is 0.531. The third-order valence-electron chi connectivity index (χ3n) is 1.22. The molecule has 1 heterocycles. The Labute approximate surface area is 65.2 Å². The standard InChI is InChI=1S/C5H10NOP.C2H6/c7-5-1-3-6(8)4-2-5;1-2/h1,7H,2-4,8H2;1-2H3. The summed E-state index contributed by atoms with van der Waals surface area (Å²) in [6.45, 7) is 5.81. The highest BCUT2D eigenvalue weighted by molar-refractivity contribution is 7.13. The van der Waals surface area contributed by atoms with Gasteiger partial charge in [-0.05, 0) is 6.08 Å². The molecule has 0 aromatic heterocycles. The van der Waals surface area contributed by atoms with E-state index in [0.29, 0.717) is 5.76 Å². The number of aliphatic hydroxyl groups excluding tert-OH is 1. The van der Waals surface area contributed by atoms with E-state index in [1.54, 1.807) is 0 Å². The van der Waals surface area contributed by atoms with Crippen molar-refractivity contribution in [1.29, 1.82) is 0 Å². The maximum atomic E-state index is 8.85. The molecule has 0 amide bonds. The smallest absolute Gasteiger partial charge is 0.0908 e. The van der Waals surface area contributed by atoms with Crippen molar-refractivity contribution in [1.82, 2.24) is 4.67 Å². The lowest BCUT2D eigenvalue weighted by Gasteiger charge is -2.17. The molecule has 0 fully saturated rings. The van der Waals surface area contributed by atoms with Crippen molar-refractivity contribution >= 4 is 9.39 Å². The fraction of sp³-hybridized carbons (Fsp3) is 0.714. The van der Waals surface area contributed by atoms with Crippen LogP contribution in [-0.2, 0) is 0 Å². The van der Waals surface area contributed by atoms with Crippen molar-refractivity contribution in [2.24, 2.45) is 0 Å². The Kier molecular flexibility index (Phi) is 5.66. The molecule has 1 N–H and O–H groups in total. The van der Waals surface area contributed by atoms with Gasteiger partial charge in [0.15, 0.2) is 0 Å². The average molecular weight is 161 g/mol. The summed E-state index contributed by atoms with van der Waals surface area (Å²) < 4.78 is 2.08. The largest absolute Gasteiger partial charge is 0.513 e. The first-order valence-electron chi connectivity index (χ1n) is 3.66. The first kappa shape index (κ1) is 9.93.